The number of carbonyl (C=O) groups is 1. The van der Waals surface area contributed by atoms with E-state index in [1.165, 1.54) is 33.6 Å². The van der Waals surface area contributed by atoms with Crippen molar-refractivity contribution >= 4 is 62.4 Å². The van der Waals surface area contributed by atoms with Gasteiger partial charge in [0.1, 0.15) is 16.8 Å². The van der Waals surface area contributed by atoms with E-state index in [-0.39, 0.29) is 22.7 Å². The standard InChI is InChI=1S/C26H22ClN7O2S2/c27-19-10-4-1-7-15(19)14-37-26-32-31-25(38-26)30-23(35)17-13-18-22(34(21(17)28)16-8-2-3-9-16)29-20-11-5-6-12-33(20)24(18)36/h1,4-7,10-13,16,28H,2-3,8-9,14H2,(H,30,31,35). The molecule has 0 aliphatic heterocycles. The van der Waals surface area contributed by atoms with E-state index >= 15 is 0 Å². The van der Waals surface area contributed by atoms with Crippen LogP contribution in [0.15, 0.2) is 63.9 Å². The number of aromatic nitrogens is 5. The molecule has 1 aromatic carbocycles. The first-order valence-electron chi connectivity index (χ1n) is 12.1. The molecule has 5 aromatic rings. The number of rotatable bonds is 6. The number of hydrogen-bond donors (Lipinski definition) is 2. The molecule has 9 nitrogen and oxygen atoms in total. The lowest BCUT2D eigenvalue weighted by molar-refractivity contribution is 0.102. The lowest BCUT2D eigenvalue weighted by Gasteiger charge is -2.19. The van der Waals surface area contributed by atoms with Crippen molar-refractivity contribution < 1.29 is 4.79 Å². The second-order valence-corrected chi connectivity index (χ2v) is 11.6. The summed E-state index contributed by atoms with van der Waals surface area (Å²) in [5, 5.41) is 21.3. The maximum Gasteiger partial charge on any atom is 0.267 e. The van der Waals surface area contributed by atoms with Crippen LogP contribution in [0.3, 0.4) is 0 Å². The zero-order valence-electron chi connectivity index (χ0n) is 20.1. The van der Waals surface area contributed by atoms with Gasteiger partial charge in [-0.2, -0.15) is 0 Å². The van der Waals surface area contributed by atoms with E-state index < -0.39 is 5.91 Å². The van der Waals surface area contributed by atoms with E-state index in [1.54, 1.807) is 22.9 Å². The van der Waals surface area contributed by atoms with Crippen molar-refractivity contribution in [2.45, 2.75) is 41.8 Å². The van der Waals surface area contributed by atoms with Crippen LogP contribution in [0.1, 0.15) is 47.6 Å². The van der Waals surface area contributed by atoms with Crippen molar-refractivity contribution in [2.24, 2.45) is 0 Å². The largest absolute Gasteiger partial charge is 0.307 e. The molecule has 1 saturated carbocycles. The maximum absolute atomic E-state index is 13.4. The van der Waals surface area contributed by atoms with E-state index in [1.807, 2.05) is 30.3 Å². The number of pyridine rings is 2. The van der Waals surface area contributed by atoms with Crippen LogP contribution in [0.2, 0.25) is 5.02 Å². The Morgan fingerprint density at radius 3 is 2.76 bits per heavy atom. The minimum absolute atomic E-state index is 0.00477. The van der Waals surface area contributed by atoms with Crippen LogP contribution in [0.5, 0.6) is 0 Å². The summed E-state index contributed by atoms with van der Waals surface area (Å²) in [6.45, 7) is 0. The van der Waals surface area contributed by atoms with E-state index in [0.717, 1.165) is 31.2 Å². The molecule has 38 heavy (non-hydrogen) atoms. The van der Waals surface area contributed by atoms with Crippen molar-refractivity contribution in [1.29, 1.82) is 5.41 Å². The Kier molecular flexibility index (Phi) is 6.73. The Hall–Kier alpha value is -3.54. The summed E-state index contributed by atoms with van der Waals surface area (Å²) >= 11 is 8.96. The first-order chi connectivity index (χ1) is 18.5. The summed E-state index contributed by atoms with van der Waals surface area (Å²) in [6, 6.07) is 14.4. The highest BCUT2D eigenvalue weighted by atomic mass is 35.5. The molecule has 192 valence electrons. The Morgan fingerprint density at radius 1 is 1.16 bits per heavy atom. The van der Waals surface area contributed by atoms with Crippen LogP contribution in [-0.2, 0) is 5.75 Å². The number of amides is 1. The van der Waals surface area contributed by atoms with E-state index in [9.17, 15) is 9.59 Å². The second-order valence-electron chi connectivity index (χ2n) is 9.01. The van der Waals surface area contributed by atoms with Gasteiger partial charge in [0.05, 0.1) is 10.9 Å². The van der Waals surface area contributed by atoms with Gasteiger partial charge in [-0.25, -0.2) is 4.98 Å². The number of anilines is 1. The van der Waals surface area contributed by atoms with Crippen LogP contribution in [-0.4, -0.2) is 30.1 Å². The van der Waals surface area contributed by atoms with Crippen LogP contribution < -0.4 is 16.4 Å². The number of halogens is 1. The molecule has 1 fully saturated rings. The maximum atomic E-state index is 13.4. The Balaban J connectivity index is 1.34. The summed E-state index contributed by atoms with van der Waals surface area (Å²) in [4.78, 5) is 31.5. The zero-order chi connectivity index (χ0) is 26.2. The molecular formula is C26H22ClN7O2S2. The number of nitrogens with zero attached hydrogens (tertiary/aromatic N) is 5. The van der Waals surface area contributed by atoms with Crippen molar-refractivity contribution in [3.8, 4) is 0 Å². The van der Waals surface area contributed by atoms with Crippen molar-refractivity contribution in [1.82, 2.24) is 24.1 Å². The molecule has 0 atom stereocenters. The predicted octanol–water partition coefficient (Wildman–Crippen LogP) is 5.29. The third-order valence-electron chi connectivity index (χ3n) is 6.63. The van der Waals surface area contributed by atoms with E-state index in [2.05, 4.69) is 15.5 Å². The smallest absolute Gasteiger partial charge is 0.267 e. The minimum Gasteiger partial charge on any atom is -0.307 e. The molecule has 4 heterocycles. The molecule has 1 aliphatic rings. The van der Waals surface area contributed by atoms with Crippen LogP contribution in [0.4, 0.5) is 5.13 Å². The fourth-order valence-corrected chi connectivity index (χ4v) is 6.81. The van der Waals surface area contributed by atoms with Gasteiger partial charge in [-0.15, -0.1) is 10.2 Å². The molecule has 0 spiro atoms. The minimum atomic E-state index is -0.514. The van der Waals surface area contributed by atoms with Crippen molar-refractivity contribution in [3.63, 3.8) is 0 Å². The van der Waals surface area contributed by atoms with Gasteiger partial charge in [-0.1, -0.05) is 71.8 Å². The monoisotopic (exact) mass is 563 g/mol. The number of fused-ring (bicyclic) bond motifs is 2. The summed E-state index contributed by atoms with van der Waals surface area (Å²) < 4.78 is 3.90. The van der Waals surface area contributed by atoms with Crippen molar-refractivity contribution in [3.05, 3.63) is 86.7 Å². The number of thioether (sulfide) groups is 1. The fraction of sp³-hybridized carbons (Fsp3) is 0.231. The predicted molar refractivity (Wildman–Crippen MR) is 149 cm³/mol. The number of nitrogens with one attached hydrogen (secondary N) is 2. The summed E-state index contributed by atoms with van der Waals surface area (Å²) in [5.74, 6) is 0.107. The number of carbonyl (C=O) groups excluding carboxylic acids is 1. The summed E-state index contributed by atoms with van der Waals surface area (Å²) in [5.41, 5.74) is 1.78. The highest BCUT2D eigenvalue weighted by Crippen LogP contribution is 2.32. The molecule has 0 bridgehead atoms. The topological polar surface area (TPSA) is 118 Å². The molecule has 6 rings (SSSR count). The lowest BCUT2D eigenvalue weighted by Crippen LogP contribution is -2.33. The van der Waals surface area contributed by atoms with Crippen molar-refractivity contribution in [2.75, 3.05) is 5.32 Å². The normalized spacial score (nSPS) is 13.9. The average Bonchev–Trinajstić information content (AvgIpc) is 3.61. The second kappa shape index (κ2) is 10.3. The van der Waals surface area contributed by atoms with Crippen LogP contribution >= 0.6 is 34.7 Å². The van der Waals surface area contributed by atoms with Gasteiger partial charge >= 0.3 is 0 Å². The third kappa shape index (κ3) is 4.61. The Labute approximate surface area is 230 Å². The molecule has 12 heteroatoms. The van der Waals surface area contributed by atoms with Gasteiger partial charge in [0.15, 0.2) is 4.34 Å². The third-order valence-corrected chi connectivity index (χ3v) is 9.02. The zero-order valence-corrected chi connectivity index (χ0v) is 22.4. The van der Waals surface area contributed by atoms with Gasteiger partial charge in [-0.05, 0) is 42.7 Å². The molecule has 2 N–H and O–H groups in total. The van der Waals surface area contributed by atoms with E-state index in [4.69, 9.17) is 22.0 Å². The molecule has 4 aromatic heterocycles. The van der Waals surface area contributed by atoms with Crippen LogP contribution in [0.25, 0.3) is 16.7 Å². The molecule has 0 radical (unpaired) electrons. The van der Waals surface area contributed by atoms with Gasteiger partial charge < -0.3 is 4.57 Å². The molecule has 1 aliphatic carbocycles. The first-order valence-corrected chi connectivity index (χ1v) is 14.3. The van der Waals surface area contributed by atoms with Gasteiger partial charge in [-0.3, -0.25) is 24.7 Å². The average molecular weight is 564 g/mol. The highest BCUT2D eigenvalue weighted by molar-refractivity contribution is 8.00. The summed E-state index contributed by atoms with van der Waals surface area (Å²) in [7, 11) is 0. The molecular weight excluding hydrogens is 542 g/mol. The first kappa shape index (κ1) is 24.8. The highest BCUT2D eigenvalue weighted by Gasteiger charge is 2.25. The lowest BCUT2D eigenvalue weighted by atomic mass is 10.1. The Morgan fingerprint density at radius 2 is 1.95 bits per heavy atom. The number of benzene rings is 1. The van der Waals surface area contributed by atoms with E-state index in [0.29, 0.717) is 36.9 Å². The van der Waals surface area contributed by atoms with Gasteiger partial charge in [0.25, 0.3) is 11.5 Å². The molecule has 0 saturated heterocycles. The quantitative estimate of drug-likeness (QED) is 0.164. The fourth-order valence-electron chi connectivity index (χ4n) is 4.78. The molecule has 1 amide bonds. The molecule has 0 unspecified atom stereocenters. The summed E-state index contributed by atoms with van der Waals surface area (Å²) in [6.07, 6.45) is 5.45. The Bertz CT molecular complexity index is 1810. The number of hydrogen-bond acceptors (Lipinski definition) is 8. The SMILES string of the molecule is N=c1c(C(=O)Nc2nnc(SCc3ccccc3Cl)s2)cc2c(=O)n3ccccc3nc2n1C1CCCC1. The van der Waals surface area contributed by atoms with Crippen LogP contribution in [0, 0.1) is 5.41 Å². The van der Waals surface area contributed by atoms with Gasteiger partial charge in [0.2, 0.25) is 5.13 Å². The van der Waals surface area contributed by atoms with Gasteiger partial charge in [0, 0.05) is 23.0 Å².